The number of ether oxygens (including phenoxy) is 1. The fourth-order valence-corrected chi connectivity index (χ4v) is 2.62. The second-order valence-corrected chi connectivity index (χ2v) is 6.60. The Hall–Kier alpha value is -2.57. The van der Waals surface area contributed by atoms with E-state index in [2.05, 4.69) is 10.6 Å². The summed E-state index contributed by atoms with van der Waals surface area (Å²) >= 11 is 0. The SMILES string of the molecule is O=C(COc1ccc(CCNC(=O)C2CC2C(=O)O)cc1)NC1CC1. The zero-order valence-electron chi connectivity index (χ0n) is 13.9. The number of rotatable bonds is 9. The third kappa shape index (κ3) is 5.20. The number of aliphatic carboxylic acids is 1. The third-order valence-corrected chi connectivity index (χ3v) is 4.39. The van der Waals surface area contributed by atoms with Gasteiger partial charge in [0.15, 0.2) is 6.61 Å². The van der Waals surface area contributed by atoms with Crippen LogP contribution in [0.25, 0.3) is 0 Å². The van der Waals surface area contributed by atoms with Crippen LogP contribution in [0, 0.1) is 11.8 Å². The molecule has 0 aliphatic heterocycles. The van der Waals surface area contributed by atoms with Gasteiger partial charge in [0.25, 0.3) is 5.91 Å². The van der Waals surface area contributed by atoms with Gasteiger partial charge in [-0.15, -0.1) is 0 Å². The number of benzene rings is 1. The van der Waals surface area contributed by atoms with E-state index in [9.17, 15) is 14.4 Å². The van der Waals surface area contributed by atoms with E-state index >= 15 is 0 Å². The van der Waals surface area contributed by atoms with Gasteiger partial charge in [-0.2, -0.15) is 0 Å². The maximum absolute atomic E-state index is 11.8. The molecule has 2 fully saturated rings. The molecule has 0 aromatic heterocycles. The van der Waals surface area contributed by atoms with E-state index in [1.54, 1.807) is 12.1 Å². The van der Waals surface area contributed by atoms with Crippen molar-refractivity contribution in [2.24, 2.45) is 11.8 Å². The molecule has 2 amide bonds. The highest BCUT2D eigenvalue weighted by molar-refractivity contribution is 5.89. The molecule has 0 radical (unpaired) electrons. The summed E-state index contributed by atoms with van der Waals surface area (Å²) in [7, 11) is 0. The molecule has 3 N–H and O–H groups in total. The molecule has 2 aliphatic rings. The topological polar surface area (TPSA) is 105 Å². The molecule has 1 aromatic carbocycles. The maximum atomic E-state index is 11.8. The molecule has 1 aromatic rings. The van der Waals surface area contributed by atoms with E-state index in [4.69, 9.17) is 9.84 Å². The smallest absolute Gasteiger partial charge is 0.307 e. The first-order chi connectivity index (χ1) is 12.0. The van der Waals surface area contributed by atoms with Crippen LogP contribution >= 0.6 is 0 Å². The average molecular weight is 346 g/mol. The summed E-state index contributed by atoms with van der Waals surface area (Å²) in [5, 5.41) is 14.4. The first-order valence-electron chi connectivity index (χ1n) is 8.54. The predicted molar refractivity (Wildman–Crippen MR) is 89.0 cm³/mol. The first kappa shape index (κ1) is 17.3. The minimum absolute atomic E-state index is 0.0119. The lowest BCUT2D eigenvalue weighted by atomic mass is 10.1. The Morgan fingerprint density at radius 3 is 2.44 bits per heavy atom. The van der Waals surface area contributed by atoms with E-state index in [1.807, 2.05) is 12.1 Å². The molecule has 7 nitrogen and oxygen atoms in total. The molecule has 25 heavy (non-hydrogen) atoms. The number of carbonyl (C=O) groups excluding carboxylic acids is 2. The van der Waals surface area contributed by atoms with Crippen molar-refractivity contribution in [2.75, 3.05) is 13.2 Å². The van der Waals surface area contributed by atoms with Crippen LogP contribution in [-0.4, -0.2) is 42.1 Å². The molecule has 2 atom stereocenters. The zero-order valence-corrected chi connectivity index (χ0v) is 13.9. The zero-order chi connectivity index (χ0) is 17.8. The molecule has 2 aliphatic carbocycles. The van der Waals surface area contributed by atoms with Crippen molar-refractivity contribution < 1.29 is 24.2 Å². The summed E-state index contributed by atoms with van der Waals surface area (Å²) in [6.45, 7) is 0.476. The summed E-state index contributed by atoms with van der Waals surface area (Å²) in [6.07, 6.45) is 3.18. The molecule has 2 saturated carbocycles. The van der Waals surface area contributed by atoms with Crippen LogP contribution in [0.5, 0.6) is 5.75 Å². The maximum Gasteiger partial charge on any atom is 0.307 e. The van der Waals surface area contributed by atoms with Gasteiger partial charge in [0, 0.05) is 12.6 Å². The number of carbonyl (C=O) groups is 3. The standard InChI is InChI=1S/C18H22N2O5/c21-16(20-12-3-4-12)10-25-13-5-1-11(2-6-13)7-8-19-17(22)14-9-15(14)18(23)24/h1-2,5-6,12,14-15H,3-4,7-10H2,(H,19,22)(H,20,21)(H,23,24). The molecular weight excluding hydrogens is 324 g/mol. The van der Waals surface area contributed by atoms with Crippen LogP contribution in [-0.2, 0) is 20.8 Å². The molecule has 134 valence electrons. The van der Waals surface area contributed by atoms with Gasteiger partial charge in [-0.25, -0.2) is 0 Å². The monoisotopic (exact) mass is 346 g/mol. The number of hydrogen-bond acceptors (Lipinski definition) is 4. The Kier molecular flexibility index (Phi) is 5.21. The van der Waals surface area contributed by atoms with Gasteiger partial charge in [0.1, 0.15) is 5.75 Å². The minimum Gasteiger partial charge on any atom is -0.484 e. The van der Waals surface area contributed by atoms with Gasteiger partial charge in [0.2, 0.25) is 5.91 Å². The average Bonchev–Trinajstić information content (AvgIpc) is 3.47. The highest BCUT2D eigenvalue weighted by Gasteiger charge is 2.48. The molecule has 0 heterocycles. The van der Waals surface area contributed by atoms with Gasteiger partial charge in [-0.1, -0.05) is 12.1 Å². The van der Waals surface area contributed by atoms with Crippen LogP contribution in [0.15, 0.2) is 24.3 Å². The second kappa shape index (κ2) is 7.55. The lowest BCUT2D eigenvalue weighted by Gasteiger charge is -2.08. The Balaban J connectivity index is 1.34. The quantitative estimate of drug-likeness (QED) is 0.611. The van der Waals surface area contributed by atoms with Crippen molar-refractivity contribution in [3.8, 4) is 5.75 Å². The summed E-state index contributed by atoms with van der Waals surface area (Å²) in [6, 6.07) is 7.69. The largest absolute Gasteiger partial charge is 0.484 e. The molecule has 3 rings (SSSR count). The normalized spacial score (nSPS) is 21.3. The van der Waals surface area contributed by atoms with Gasteiger partial charge in [-0.05, 0) is 43.4 Å². The molecule has 0 spiro atoms. The van der Waals surface area contributed by atoms with E-state index in [0.717, 1.165) is 18.4 Å². The van der Waals surface area contributed by atoms with Crippen LogP contribution in [0.1, 0.15) is 24.8 Å². The molecular formula is C18H22N2O5. The van der Waals surface area contributed by atoms with Crippen LogP contribution in [0.3, 0.4) is 0 Å². The van der Waals surface area contributed by atoms with Crippen molar-refractivity contribution in [3.63, 3.8) is 0 Å². The molecule has 0 saturated heterocycles. The minimum atomic E-state index is -0.901. The lowest BCUT2D eigenvalue weighted by molar-refractivity contribution is -0.140. The van der Waals surface area contributed by atoms with E-state index in [0.29, 0.717) is 31.2 Å². The van der Waals surface area contributed by atoms with Crippen LogP contribution < -0.4 is 15.4 Å². The van der Waals surface area contributed by atoms with Crippen molar-refractivity contribution in [1.82, 2.24) is 10.6 Å². The van der Waals surface area contributed by atoms with Crippen LogP contribution in [0.2, 0.25) is 0 Å². The van der Waals surface area contributed by atoms with Gasteiger partial charge in [-0.3, -0.25) is 14.4 Å². The predicted octanol–water partition coefficient (Wildman–Crippen LogP) is 0.723. The summed E-state index contributed by atoms with van der Waals surface area (Å²) < 4.78 is 5.43. The van der Waals surface area contributed by atoms with Crippen LogP contribution in [0.4, 0.5) is 0 Å². The van der Waals surface area contributed by atoms with Crippen molar-refractivity contribution in [2.45, 2.75) is 31.7 Å². The van der Waals surface area contributed by atoms with E-state index in [-0.39, 0.29) is 24.3 Å². The Morgan fingerprint density at radius 2 is 1.84 bits per heavy atom. The third-order valence-electron chi connectivity index (χ3n) is 4.39. The van der Waals surface area contributed by atoms with Crippen molar-refractivity contribution >= 4 is 17.8 Å². The summed E-state index contributed by atoms with van der Waals surface area (Å²) in [4.78, 5) is 34.1. The van der Waals surface area contributed by atoms with Gasteiger partial charge >= 0.3 is 5.97 Å². The lowest BCUT2D eigenvalue weighted by Crippen LogP contribution is -2.30. The fourth-order valence-electron chi connectivity index (χ4n) is 2.62. The van der Waals surface area contributed by atoms with Gasteiger partial charge in [0.05, 0.1) is 11.8 Å². The molecule has 2 unspecified atom stereocenters. The first-order valence-corrected chi connectivity index (χ1v) is 8.54. The van der Waals surface area contributed by atoms with Gasteiger partial charge < -0.3 is 20.5 Å². The fraction of sp³-hybridized carbons (Fsp3) is 0.500. The summed E-state index contributed by atoms with van der Waals surface area (Å²) in [5.74, 6) is -1.46. The van der Waals surface area contributed by atoms with E-state index < -0.39 is 11.9 Å². The second-order valence-electron chi connectivity index (χ2n) is 6.60. The molecule has 0 bridgehead atoms. The highest BCUT2D eigenvalue weighted by Crippen LogP contribution is 2.38. The number of carboxylic acids is 1. The van der Waals surface area contributed by atoms with Crippen molar-refractivity contribution in [3.05, 3.63) is 29.8 Å². The number of carboxylic acid groups (broad SMARTS) is 1. The Morgan fingerprint density at radius 1 is 1.12 bits per heavy atom. The number of hydrogen-bond donors (Lipinski definition) is 3. The van der Waals surface area contributed by atoms with E-state index in [1.165, 1.54) is 0 Å². The number of amides is 2. The van der Waals surface area contributed by atoms with Crippen molar-refractivity contribution in [1.29, 1.82) is 0 Å². The Labute approximate surface area is 145 Å². The molecule has 7 heteroatoms. The highest BCUT2D eigenvalue weighted by atomic mass is 16.5. The number of nitrogens with one attached hydrogen (secondary N) is 2. The Bertz CT molecular complexity index is 654. The summed E-state index contributed by atoms with van der Waals surface area (Å²) in [5.41, 5.74) is 1.03.